The summed E-state index contributed by atoms with van der Waals surface area (Å²) in [5.74, 6) is -0.369. The standard InChI is InChI=1S/C15H22O3Si/c1-6-13(19(3,4)5)14(16)11-7-9-12(10-8-11)15(17)18-2/h6-10,13-14,16H,1H2,2-5H3/t13-,14+/m1/s1. The van der Waals surface area contributed by atoms with Gasteiger partial charge in [0.15, 0.2) is 0 Å². The maximum Gasteiger partial charge on any atom is 0.337 e. The van der Waals surface area contributed by atoms with Crippen LogP contribution in [0.5, 0.6) is 0 Å². The summed E-state index contributed by atoms with van der Waals surface area (Å²) in [6, 6.07) is 6.89. The smallest absolute Gasteiger partial charge is 0.337 e. The number of methoxy groups -OCH3 is 1. The van der Waals surface area contributed by atoms with Crippen LogP contribution < -0.4 is 0 Å². The van der Waals surface area contributed by atoms with Gasteiger partial charge >= 0.3 is 5.97 Å². The molecule has 0 saturated carbocycles. The van der Waals surface area contributed by atoms with Gasteiger partial charge in [-0.15, -0.1) is 6.58 Å². The number of aliphatic hydroxyl groups is 1. The Morgan fingerprint density at radius 1 is 1.32 bits per heavy atom. The van der Waals surface area contributed by atoms with Gasteiger partial charge in [0.05, 0.1) is 26.9 Å². The monoisotopic (exact) mass is 278 g/mol. The molecule has 3 nitrogen and oxygen atoms in total. The first kappa shape index (κ1) is 15.7. The summed E-state index contributed by atoms with van der Waals surface area (Å²) in [6.45, 7) is 10.4. The van der Waals surface area contributed by atoms with Crippen LogP contribution in [0.3, 0.4) is 0 Å². The fourth-order valence-electron chi connectivity index (χ4n) is 2.10. The molecule has 0 bridgehead atoms. The van der Waals surface area contributed by atoms with Crippen LogP contribution in [0, 0.1) is 0 Å². The highest BCUT2D eigenvalue weighted by Gasteiger charge is 2.31. The van der Waals surface area contributed by atoms with Gasteiger partial charge in [-0.05, 0) is 17.7 Å². The topological polar surface area (TPSA) is 46.5 Å². The lowest BCUT2D eigenvalue weighted by Crippen LogP contribution is -2.31. The minimum absolute atomic E-state index is 0.0801. The zero-order chi connectivity index (χ0) is 14.6. The average Bonchev–Trinajstić information content (AvgIpc) is 2.37. The quantitative estimate of drug-likeness (QED) is 0.510. The second-order valence-electron chi connectivity index (χ2n) is 5.69. The predicted octanol–water partition coefficient (Wildman–Crippen LogP) is 3.40. The number of hydrogen-bond donors (Lipinski definition) is 1. The number of aliphatic hydroxyl groups excluding tert-OH is 1. The minimum atomic E-state index is -1.53. The summed E-state index contributed by atoms with van der Waals surface area (Å²) in [5, 5.41) is 10.4. The van der Waals surface area contributed by atoms with E-state index in [1.54, 1.807) is 24.3 Å². The Morgan fingerprint density at radius 2 is 1.84 bits per heavy atom. The Morgan fingerprint density at radius 3 is 2.21 bits per heavy atom. The van der Waals surface area contributed by atoms with E-state index in [9.17, 15) is 9.90 Å². The van der Waals surface area contributed by atoms with Gasteiger partial charge < -0.3 is 9.84 Å². The van der Waals surface area contributed by atoms with E-state index >= 15 is 0 Å². The molecule has 0 amide bonds. The summed E-state index contributed by atoms with van der Waals surface area (Å²) < 4.78 is 4.65. The summed E-state index contributed by atoms with van der Waals surface area (Å²) in [6.07, 6.45) is 1.27. The first-order chi connectivity index (χ1) is 8.81. The molecule has 0 aliphatic rings. The van der Waals surface area contributed by atoms with Gasteiger partial charge in [-0.2, -0.15) is 0 Å². The summed E-state index contributed by atoms with van der Waals surface area (Å²) in [4.78, 5) is 11.3. The third-order valence-electron chi connectivity index (χ3n) is 3.27. The average molecular weight is 278 g/mol. The lowest BCUT2D eigenvalue weighted by atomic mass is 10.0. The number of hydrogen-bond acceptors (Lipinski definition) is 3. The van der Waals surface area contributed by atoms with Crippen LogP contribution in [-0.2, 0) is 4.74 Å². The SMILES string of the molecule is C=C[C@H]([C@@H](O)c1ccc(C(=O)OC)cc1)[Si](C)(C)C. The van der Waals surface area contributed by atoms with Gasteiger partial charge in [-0.25, -0.2) is 4.79 Å². The van der Waals surface area contributed by atoms with E-state index in [-0.39, 0.29) is 11.5 Å². The molecule has 0 aliphatic heterocycles. The molecule has 2 atom stereocenters. The highest BCUT2D eigenvalue weighted by atomic mass is 28.3. The van der Waals surface area contributed by atoms with Crippen molar-refractivity contribution >= 4 is 14.0 Å². The van der Waals surface area contributed by atoms with E-state index in [4.69, 9.17) is 0 Å². The number of ether oxygens (including phenoxy) is 1. The highest BCUT2D eigenvalue weighted by molar-refractivity contribution is 6.78. The zero-order valence-corrected chi connectivity index (χ0v) is 13.0. The van der Waals surface area contributed by atoms with Crippen LogP contribution in [0.15, 0.2) is 36.9 Å². The van der Waals surface area contributed by atoms with Gasteiger partial charge in [-0.3, -0.25) is 0 Å². The molecule has 1 N–H and O–H groups in total. The molecule has 0 heterocycles. The highest BCUT2D eigenvalue weighted by Crippen LogP contribution is 2.36. The summed E-state index contributed by atoms with van der Waals surface area (Å²) >= 11 is 0. The third-order valence-corrected chi connectivity index (χ3v) is 5.82. The van der Waals surface area contributed by atoms with E-state index in [1.165, 1.54) is 7.11 Å². The number of benzene rings is 1. The molecule has 0 aromatic heterocycles. The molecule has 0 saturated heterocycles. The van der Waals surface area contributed by atoms with Gasteiger partial charge in [0.2, 0.25) is 0 Å². The van der Waals surface area contributed by atoms with Gasteiger partial charge in [-0.1, -0.05) is 37.8 Å². The number of carbonyl (C=O) groups is 1. The Balaban J connectivity index is 2.97. The van der Waals surface area contributed by atoms with Crippen LogP contribution >= 0.6 is 0 Å². The second kappa shape index (κ2) is 6.17. The molecule has 1 rings (SSSR count). The molecule has 0 unspecified atom stereocenters. The molecular formula is C15H22O3Si. The van der Waals surface area contributed by atoms with Gasteiger partial charge in [0, 0.05) is 5.54 Å². The van der Waals surface area contributed by atoms with Crippen molar-refractivity contribution < 1.29 is 14.6 Å². The molecule has 1 aromatic rings. The fourth-order valence-corrected chi connectivity index (χ4v) is 3.94. The molecule has 0 aliphatic carbocycles. The van der Waals surface area contributed by atoms with E-state index < -0.39 is 14.2 Å². The second-order valence-corrected chi connectivity index (χ2v) is 11.1. The largest absolute Gasteiger partial charge is 0.465 e. The Hall–Kier alpha value is -1.39. The first-order valence-corrected chi connectivity index (χ1v) is 9.88. The Labute approximate surface area is 115 Å². The minimum Gasteiger partial charge on any atom is -0.465 e. The van der Waals surface area contributed by atoms with E-state index in [2.05, 4.69) is 31.0 Å². The van der Waals surface area contributed by atoms with Crippen molar-refractivity contribution in [1.82, 2.24) is 0 Å². The van der Waals surface area contributed by atoms with Crippen LogP contribution in [0.25, 0.3) is 0 Å². The maximum absolute atomic E-state index is 11.3. The maximum atomic E-state index is 11.3. The van der Waals surface area contributed by atoms with Crippen molar-refractivity contribution in [3.63, 3.8) is 0 Å². The molecule has 0 fully saturated rings. The molecule has 1 aromatic carbocycles. The van der Waals surface area contributed by atoms with Crippen molar-refractivity contribution in [2.24, 2.45) is 0 Å². The molecule has 0 radical (unpaired) electrons. The fraction of sp³-hybridized carbons (Fsp3) is 0.400. The molecule has 4 heteroatoms. The van der Waals surface area contributed by atoms with Crippen LogP contribution in [0.1, 0.15) is 22.0 Å². The van der Waals surface area contributed by atoms with Gasteiger partial charge in [0.1, 0.15) is 0 Å². The lowest BCUT2D eigenvalue weighted by Gasteiger charge is -2.30. The normalized spacial score (nSPS) is 14.6. The van der Waals surface area contributed by atoms with E-state index in [0.717, 1.165) is 5.56 Å². The van der Waals surface area contributed by atoms with E-state index in [0.29, 0.717) is 5.56 Å². The van der Waals surface area contributed by atoms with Crippen LogP contribution in [0.4, 0.5) is 0 Å². The van der Waals surface area contributed by atoms with Crippen molar-refractivity contribution in [2.75, 3.05) is 7.11 Å². The summed E-state index contributed by atoms with van der Waals surface area (Å²) in [5.41, 5.74) is 1.37. The van der Waals surface area contributed by atoms with E-state index in [1.807, 2.05) is 6.08 Å². The molecular weight excluding hydrogens is 256 g/mol. The van der Waals surface area contributed by atoms with Crippen molar-refractivity contribution in [2.45, 2.75) is 31.3 Å². The van der Waals surface area contributed by atoms with Crippen molar-refractivity contribution in [1.29, 1.82) is 0 Å². The number of esters is 1. The zero-order valence-electron chi connectivity index (χ0n) is 12.0. The predicted molar refractivity (Wildman–Crippen MR) is 80.0 cm³/mol. The Kier molecular flexibility index (Phi) is 5.09. The van der Waals surface area contributed by atoms with Crippen molar-refractivity contribution in [3.05, 3.63) is 48.0 Å². The third kappa shape index (κ3) is 3.78. The molecule has 0 spiro atoms. The summed E-state index contributed by atoms with van der Waals surface area (Å²) in [7, 11) is -0.183. The van der Waals surface area contributed by atoms with Crippen molar-refractivity contribution in [3.8, 4) is 0 Å². The van der Waals surface area contributed by atoms with Gasteiger partial charge in [0.25, 0.3) is 0 Å². The van der Waals surface area contributed by atoms with Crippen LogP contribution in [0.2, 0.25) is 25.2 Å². The molecule has 104 valence electrons. The Bertz CT molecular complexity index is 445. The lowest BCUT2D eigenvalue weighted by molar-refractivity contribution is 0.0600. The number of carbonyl (C=O) groups excluding carboxylic acids is 1. The number of rotatable bonds is 5. The van der Waals surface area contributed by atoms with Crippen LogP contribution in [-0.4, -0.2) is 26.3 Å². The molecule has 19 heavy (non-hydrogen) atoms. The first-order valence-electron chi connectivity index (χ1n) is 6.30.